The second-order valence-corrected chi connectivity index (χ2v) is 13.2. The number of rotatable bonds is 5. The average Bonchev–Trinajstić information content (AvgIpc) is 2.92. The fraction of sp³-hybridized carbons (Fsp3) is 0.550. The van der Waals surface area contributed by atoms with Crippen molar-refractivity contribution < 1.29 is 14.0 Å². The van der Waals surface area contributed by atoms with Crippen LogP contribution in [0, 0.1) is 0 Å². The predicted molar refractivity (Wildman–Crippen MR) is 104 cm³/mol. The summed E-state index contributed by atoms with van der Waals surface area (Å²) in [5.74, 6) is 0. The summed E-state index contributed by atoms with van der Waals surface area (Å²) in [5, 5.41) is 0.154. The number of hydrogen-bond acceptors (Lipinski definition) is 3. The Hall–Kier alpha value is -1.59. The molecule has 1 unspecified atom stereocenters. The Morgan fingerprint density at radius 1 is 1.28 bits per heavy atom. The molecule has 1 heterocycles. The van der Waals surface area contributed by atoms with E-state index in [9.17, 15) is 4.79 Å². The van der Waals surface area contributed by atoms with Crippen molar-refractivity contribution in [3.8, 4) is 0 Å². The van der Waals surface area contributed by atoms with E-state index in [2.05, 4.69) is 40.4 Å². The minimum Gasteiger partial charge on any atom is -0.445 e. The van der Waals surface area contributed by atoms with Crippen molar-refractivity contribution in [2.24, 2.45) is 0 Å². The maximum atomic E-state index is 12.5. The summed E-state index contributed by atoms with van der Waals surface area (Å²) in [6.45, 7) is 16.6. The molecule has 2 rings (SSSR count). The van der Waals surface area contributed by atoms with Gasteiger partial charge in [-0.15, -0.1) is 0 Å². The van der Waals surface area contributed by atoms with Crippen molar-refractivity contribution in [1.82, 2.24) is 4.90 Å². The molecule has 0 bridgehead atoms. The van der Waals surface area contributed by atoms with Gasteiger partial charge in [0.1, 0.15) is 6.61 Å². The molecule has 1 saturated heterocycles. The van der Waals surface area contributed by atoms with Crippen molar-refractivity contribution in [2.75, 3.05) is 13.2 Å². The smallest absolute Gasteiger partial charge is 0.410 e. The number of ether oxygens (including phenoxy) is 1. The van der Waals surface area contributed by atoms with E-state index in [0.717, 1.165) is 17.6 Å². The highest BCUT2D eigenvalue weighted by atomic mass is 28.4. The quantitative estimate of drug-likeness (QED) is 0.549. The molecule has 0 saturated carbocycles. The van der Waals surface area contributed by atoms with E-state index >= 15 is 0 Å². The SMILES string of the molecule is C=C1CC(CO[Si](C)(C)C(C)(C)C)N(C(=O)OCc2ccccc2)C1. The molecule has 1 aromatic carbocycles. The van der Waals surface area contributed by atoms with E-state index in [0.29, 0.717) is 19.8 Å². The fourth-order valence-corrected chi connectivity index (χ4v) is 3.61. The third-order valence-electron chi connectivity index (χ3n) is 5.24. The monoisotopic (exact) mass is 361 g/mol. The summed E-state index contributed by atoms with van der Waals surface area (Å²) in [4.78, 5) is 14.3. The van der Waals surface area contributed by atoms with Gasteiger partial charge in [0.05, 0.1) is 12.6 Å². The minimum absolute atomic E-state index is 0.0184. The van der Waals surface area contributed by atoms with Gasteiger partial charge < -0.3 is 9.16 Å². The van der Waals surface area contributed by atoms with E-state index in [4.69, 9.17) is 9.16 Å². The molecule has 138 valence electrons. The molecule has 0 N–H and O–H groups in total. The largest absolute Gasteiger partial charge is 0.445 e. The normalized spacial score (nSPS) is 18.5. The summed E-state index contributed by atoms with van der Waals surface area (Å²) in [6.07, 6.45) is 0.501. The first-order valence-electron chi connectivity index (χ1n) is 8.88. The zero-order chi connectivity index (χ0) is 18.7. The van der Waals surface area contributed by atoms with Crippen molar-refractivity contribution >= 4 is 14.4 Å². The lowest BCUT2D eigenvalue weighted by molar-refractivity contribution is 0.0810. The van der Waals surface area contributed by atoms with Crippen LogP contribution >= 0.6 is 0 Å². The van der Waals surface area contributed by atoms with Crippen LogP contribution in [0.1, 0.15) is 32.8 Å². The highest BCUT2D eigenvalue weighted by Crippen LogP contribution is 2.37. The highest BCUT2D eigenvalue weighted by molar-refractivity contribution is 6.74. The molecule has 0 radical (unpaired) electrons. The van der Waals surface area contributed by atoms with Crippen LogP contribution in [0.4, 0.5) is 4.79 Å². The Labute approximate surface area is 152 Å². The summed E-state index contributed by atoms with van der Waals surface area (Å²) < 4.78 is 11.8. The average molecular weight is 362 g/mol. The number of nitrogens with zero attached hydrogens (tertiary/aromatic N) is 1. The zero-order valence-electron chi connectivity index (χ0n) is 16.2. The van der Waals surface area contributed by atoms with E-state index in [-0.39, 0.29) is 17.2 Å². The molecular formula is C20H31NO3Si. The summed E-state index contributed by atoms with van der Waals surface area (Å²) >= 11 is 0. The molecule has 1 aromatic rings. The Balaban J connectivity index is 1.94. The van der Waals surface area contributed by atoms with Gasteiger partial charge in [0.25, 0.3) is 0 Å². The van der Waals surface area contributed by atoms with Crippen molar-refractivity contribution in [3.05, 3.63) is 48.0 Å². The summed E-state index contributed by atoms with van der Waals surface area (Å²) in [7, 11) is -1.84. The standard InChI is InChI=1S/C20H31NO3Si/c1-16-12-18(15-24-25(5,6)20(2,3)4)21(13-16)19(22)23-14-17-10-8-7-9-11-17/h7-11,18H,1,12-15H2,2-6H3. The predicted octanol–water partition coefficient (Wildman–Crippen LogP) is 4.98. The van der Waals surface area contributed by atoms with Gasteiger partial charge in [0.15, 0.2) is 8.32 Å². The maximum Gasteiger partial charge on any atom is 0.410 e. The maximum absolute atomic E-state index is 12.5. The first-order chi connectivity index (χ1) is 11.6. The molecule has 1 aliphatic heterocycles. The molecule has 1 aliphatic rings. The molecule has 1 amide bonds. The summed E-state index contributed by atoms with van der Waals surface area (Å²) in [6, 6.07) is 9.75. The zero-order valence-corrected chi connectivity index (χ0v) is 17.2. The number of amides is 1. The van der Waals surface area contributed by atoms with Gasteiger partial charge in [-0.05, 0) is 30.1 Å². The number of benzene rings is 1. The molecule has 4 nitrogen and oxygen atoms in total. The van der Waals surface area contributed by atoms with Gasteiger partial charge in [-0.25, -0.2) is 4.79 Å². The molecular weight excluding hydrogens is 330 g/mol. The van der Waals surface area contributed by atoms with Gasteiger partial charge >= 0.3 is 6.09 Å². The van der Waals surface area contributed by atoms with E-state index in [1.54, 1.807) is 4.90 Å². The highest BCUT2D eigenvalue weighted by Gasteiger charge is 2.39. The Kier molecular flexibility index (Phi) is 6.11. The van der Waals surface area contributed by atoms with Crippen LogP contribution in [0.2, 0.25) is 18.1 Å². The molecule has 0 aliphatic carbocycles. The lowest BCUT2D eigenvalue weighted by atomic mass is 10.2. The van der Waals surface area contributed by atoms with Gasteiger partial charge in [0, 0.05) is 6.54 Å². The molecule has 1 fully saturated rings. The lowest BCUT2D eigenvalue weighted by Crippen LogP contribution is -2.46. The van der Waals surface area contributed by atoms with Crippen LogP contribution in [0.3, 0.4) is 0 Å². The van der Waals surface area contributed by atoms with Gasteiger partial charge in [-0.3, -0.25) is 4.90 Å². The Bertz CT molecular complexity index is 607. The van der Waals surface area contributed by atoms with Gasteiger partial charge in [0.2, 0.25) is 0 Å². The second kappa shape index (κ2) is 7.75. The van der Waals surface area contributed by atoms with Crippen LogP contribution < -0.4 is 0 Å². The molecule has 5 heteroatoms. The first-order valence-corrected chi connectivity index (χ1v) is 11.8. The fourth-order valence-electron chi connectivity index (χ4n) is 2.56. The van der Waals surface area contributed by atoms with Crippen molar-refractivity contribution in [1.29, 1.82) is 0 Å². The molecule has 1 atom stereocenters. The number of carbonyl (C=O) groups excluding carboxylic acids is 1. The van der Waals surface area contributed by atoms with Crippen LogP contribution in [-0.4, -0.2) is 38.5 Å². The van der Waals surface area contributed by atoms with E-state index in [1.807, 2.05) is 30.3 Å². The van der Waals surface area contributed by atoms with E-state index in [1.165, 1.54) is 0 Å². The molecule has 0 aromatic heterocycles. The summed E-state index contributed by atoms with van der Waals surface area (Å²) in [5.41, 5.74) is 2.04. The van der Waals surface area contributed by atoms with Gasteiger partial charge in [-0.2, -0.15) is 0 Å². The number of carbonyl (C=O) groups is 1. The number of hydrogen-bond donors (Lipinski definition) is 0. The molecule has 25 heavy (non-hydrogen) atoms. The minimum atomic E-state index is -1.84. The first kappa shape index (κ1) is 19.7. The van der Waals surface area contributed by atoms with Gasteiger partial charge in [-0.1, -0.05) is 63.3 Å². The van der Waals surface area contributed by atoms with E-state index < -0.39 is 8.32 Å². The van der Waals surface area contributed by atoms with Crippen LogP contribution in [0.25, 0.3) is 0 Å². The Morgan fingerprint density at radius 3 is 2.52 bits per heavy atom. The van der Waals surface area contributed by atoms with Crippen molar-refractivity contribution in [2.45, 2.75) is 58.0 Å². The van der Waals surface area contributed by atoms with Crippen LogP contribution in [0.5, 0.6) is 0 Å². The molecule has 0 spiro atoms. The van der Waals surface area contributed by atoms with Crippen LogP contribution in [-0.2, 0) is 15.8 Å². The Morgan fingerprint density at radius 2 is 1.92 bits per heavy atom. The van der Waals surface area contributed by atoms with Crippen LogP contribution in [0.15, 0.2) is 42.5 Å². The second-order valence-electron chi connectivity index (χ2n) is 8.35. The lowest BCUT2D eigenvalue weighted by Gasteiger charge is -2.37. The number of likely N-dealkylation sites (tertiary alicyclic amines) is 1. The third kappa shape index (κ3) is 5.19. The van der Waals surface area contributed by atoms with Crippen molar-refractivity contribution in [3.63, 3.8) is 0 Å². The topological polar surface area (TPSA) is 38.8 Å². The third-order valence-corrected chi connectivity index (χ3v) is 9.74.